The van der Waals surface area contributed by atoms with E-state index < -0.39 is 50.8 Å². The largest absolute Gasteiger partial charge is 0.300 e. The van der Waals surface area contributed by atoms with E-state index in [9.17, 15) is 17.6 Å². The molecule has 144 valence electrons. The summed E-state index contributed by atoms with van der Waals surface area (Å²) in [6, 6.07) is 1.07. The number of hydrogen-bond acceptors (Lipinski definition) is 2. The summed E-state index contributed by atoms with van der Waals surface area (Å²) in [7, 11) is 0. The van der Waals surface area contributed by atoms with Crippen LogP contribution in [-0.2, 0) is 12.5 Å². The Hall–Kier alpha value is -1.93. The van der Waals surface area contributed by atoms with Crippen LogP contribution in [0.5, 0.6) is 0 Å². The third-order valence-corrected chi connectivity index (χ3v) is 5.69. The van der Waals surface area contributed by atoms with E-state index in [-0.39, 0.29) is 24.2 Å². The number of alkyl halides is 2. The number of rotatable bonds is 2. The van der Waals surface area contributed by atoms with E-state index in [1.54, 1.807) is 0 Å². The molecule has 1 nitrogen and oxygen atoms in total. The fourth-order valence-electron chi connectivity index (χ4n) is 3.12. The number of fused-ring (bicyclic) bond motifs is 2. The van der Waals surface area contributed by atoms with Gasteiger partial charge in [0.25, 0.3) is 5.92 Å². The van der Waals surface area contributed by atoms with Crippen molar-refractivity contribution in [3.05, 3.63) is 75.9 Å². The van der Waals surface area contributed by atoms with Gasteiger partial charge in [-0.05, 0) is 43.0 Å². The summed E-state index contributed by atoms with van der Waals surface area (Å²) < 4.78 is 89.0. The van der Waals surface area contributed by atoms with Crippen molar-refractivity contribution in [1.82, 2.24) is 4.31 Å². The molecule has 0 fully saturated rings. The zero-order valence-electron chi connectivity index (χ0n) is 14.5. The van der Waals surface area contributed by atoms with E-state index in [1.165, 1.54) is 24.2 Å². The molecule has 2 aromatic rings. The first-order valence-electron chi connectivity index (χ1n) is 7.98. The average molecular weight is 403 g/mol. The van der Waals surface area contributed by atoms with Crippen LogP contribution in [0.25, 0.3) is 0 Å². The third-order valence-electron chi connectivity index (χ3n) is 4.59. The zero-order chi connectivity index (χ0) is 20.1. The van der Waals surface area contributed by atoms with Crippen molar-refractivity contribution in [3.63, 3.8) is 0 Å². The molecule has 0 saturated heterocycles. The van der Waals surface area contributed by atoms with E-state index >= 15 is 8.78 Å². The Morgan fingerprint density at radius 3 is 2.41 bits per heavy atom. The molecule has 0 radical (unpaired) electrons. The van der Waals surface area contributed by atoms with Gasteiger partial charge in [0, 0.05) is 35.8 Å². The molecule has 0 spiro atoms. The fraction of sp³-hybridized carbons (Fsp3) is 0.263. The lowest BCUT2D eigenvalue weighted by molar-refractivity contribution is 0.0355. The summed E-state index contributed by atoms with van der Waals surface area (Å²) in [6.45, 7) is 5.67. The average Bonchev–Trinajstić information content (AvgIpc) is 2.58. The maximum absolute atomic E-state index is 15.4. The molecule has 0 atom stereocenters. The minimum absolute atomic E-state index is 0.0833. The van der Waals surface area contributed by atoms with Crippen molar-refractivity contribution in [2.24, 2.45) is 0 Å². The second-order valence-corrected chi connectivity index (χ2v) is 7.38. The number of benzene rings is 2. The van der Waals surface area contributed by atoms with Crippen molar-refractivity contribution in [2.75, 3.05) is 6.54 Å². The molecule has 0 aliphatic carbocycles. The molecule has 0 unspecified atom stereocenters. The molecule has 27 heavy (non-hydrogen) atoms. The molecule has 0 saturated carbocycles. The summed E-state index contributed by atoms with van der Waals surface area (Å²) in [5.74, 6) is -8.84. The van der Waals surface area contributed by atoms with Crippen LogP contribution in [0.4, 0.5) is 26.3 Å². The highest BCUT2D eigenvalue weighted by Gasteiger charge is 2.45. The second kappa shape index (κ2) is 6.91. The summed E-state index contributed by atoms with van der Waals surface area (Å²) in [6.07, 6.45) is 1.42. The monoisotopic (exact) mass is 403 g/mol. The van der Waals surface area contributed by atoms with E-state index in [2.05, 4.69) is 6.58 Å². The molecule has 0 aromatic heterocycles. The van der Waals surface area contributed by atoms with Crippen LogP contribution in [0.1, 0.15) is 27.8 Å². The zero-order valence-corrected chi connectivity index (χ0v) is 15.3. The van der Waals surface area contributed by atoms with Gasteiger partial charge in [-0.25, -0.2) is 21.9 Å². The van der Waals surface area contributed by atoms with Gasteiger partial charge in [0.05, 0.1) is 4.90 Å². The molecule has 3 rings (SSSR count). The van der Waals surface area contributed by atoms with Crippen molar-refractivity contribution in [1.29, 1.82) is 0 Å². The predicted octanol–water partition coefficient (Wildman–Crippen LogP) is 6.01. The molecule has 1 aliphatic rings. The molecule has 8 heteroatoms. The maximum atomic E-state index is 15.4. The van der Waals surface area contributed by atoms with Crippen LogP contribution in [0.2, 0.25) is 0 Å². The van der Waals surface area contributed by atoms with E-state index in [0.717, 1.165) is 0 Å². The minimum Gasteiger partial charge on any atom is -0.238 e. The Bertz CT molecular complexity index is 941. The van der Waals surface area contributed by atoms with Gasteiger partial charge in [-0.15, -0.1) is 6.58 Å². The number of hydrogen-bond donors (Lipinski definition) is 0. The van der Waals surface area contributed by atoms with E-state index in [1.807, 2.05) is 0 Å². The molecule has 0 N–H and O–H groups in total. The lowest BCUT2D eigenvalue weighted by Crippen LogP contribution is -2.29. The van der Waals surface area contributed by atoms with Gasteiger partial charge in [-0.1, -0.05) is 6.08 Å². The third kappa shape index (κ3) is 3.14. The smallest absolute Gasteiger partial charge is 0.238 e. The van der Waals surface area contributed by atoms with E-state index in [4.69, 9.17) is 0 Å². The highest BCUT2D eigenvalue weighted by Crippen LogP contribution is 2.49. The summed E-state index contributed by atoms with van der Waals surface area (Å²) >= 11 is 0.565. The highest BCUT2D eigenvalue weighted by atomic mass is 32.2. The molecule has 0 amide bonds. The Morgan fingerprint density at radius 1 is 1.11 bits per heavy atom. The quantitative estimate of drug-likeness (QED) is 0.343. The van der Waals surface area contributed by atoms with Crippen LogP contribution in [0, 0.1) is 37.1 Å². The van der Waals surface area contributed by atoms with Crippen LogP contribution in [0.15, 0.2) is 29.7 Å². The van der Waals surface area contributed by atoms with Crippen molar-refractivity contribution in [2.45, 2.75) is 31.2 Å². The lowest BCUT2D eigenvalue weighted by Gasteiger charge is -2.32. The molecule has 2 aromatic carbocycles. The van der Waals surface area contributed by atoms with Crippen LogP contribution < -0.4 is 0 Å². The first kappa shape index (κ1) is 19.8. The fourth-order valence-corrected chi connectivity index (χ4v) is 4.30. The van der Waals surface area contributed by atoms with Crippen LogP contribution >= 0.6 is 11.9 Å². The second-order valence-electron chi connectivity index (χ2n) is 6.27. The van der Waals surface area contributed by atoms with Gasteiger partial charge >= 0.3 is 0 Å². The van der Waals surface area contributed by atoms with Gasteiger partial charge in [0.2, 0.25) is 0 Å². The lowest BCUT2D eigenvalue weighted by atomic mass is 9.90. The first-order chi connectivity index (χ1) is 12.6. The van der Waals surface area contributed by atoms with Crippen molar-refractivity contribution in [3.8, 4) is 0 Å². The number of halogens is 6. The standard InChI is InChI=1S/C19H15F6NS/c1-4-5-26-8-12-13(6-11(20)7-14(12)21)19(24,25)15-9(2)10(3)16(22)17(23)18(15)27-26/h4,6-7H,1,5,8H2,2-3H3. The predicted molar refractivity (Wildman–Crippen MR) is 91.7 cm³/mol. The molecule has 0 bridgehead atoms. The maximum Gasteiger partial charge on any atom is 0.300 e. The van der Waals surface area contributed by atoms with Gasteiger partial charge < -0.3 is 0 Å². The molecule has 1 aliphatic heterocycles. The summed E-state index contributed by atoms with van der Waals surface area (Å²) in [4.78, 5) is -0.599. The summed E-state index contributed by atoms with van der Waals surface area (Å²) in [5.41, 5.74) is -2.53. The van der Waals surface area contributed by atoms with Gasteiger partial charge in [0.15, 0.2) is 11.6 Å². The van der Waals surface area contributed by atoms with Gasteiger partial charge in [-0.3, -0.25) is 0 Å². The highest BCUT2D eigenvalue weighted by molar-refractivity contribution is 7.97. The van der Waals surface area contributed by atoms with Crippen LogP contribution in [-0.4, -0.2) is 10.8 Å². The Kier molecular flexibility index (Phi) is 5.07. The normalized spacial score (nSPS) is 16.3. The molecular weight excluding hydrogens is 388 g/mol. The van der Waals surface area contributed by atoms with Crippen molar-refractivity contribution < 1.29 is 26.3 Å². The van der Waals surface area contributed by atoms with Gasteiger partial charge in [-0.2, -0.15) is 8.78 Å². The minimum atomic E-state index is -3.91. The first-order valence-corrected chi connectivity index (χ1v) is 8.75. The molecule has 1 heterocycles. The topological polar surface area (TPSA) is 3.24 Å². The number of nitrogens with zero attached hydrogens (tertiary/aromatic N) is 1. The van der Waals surface area contributed by atoms with E-state index in [0.29, 0.717) is 24.1 Å². The van der Waals surface area contributed by atoms with Gasteiger partial charge in [0.1, 0.15) is 11.6 Å². The summed E-state index contributed by atoms with van der Waals surface area (Å²) in [5, 5.41) is 0. The van der Waals surface area contributed by atoms with Crippen molar-refractivity contribution >= 4 is 11.9 Å². The Morgan fingerprint density at radius 2 is 1.78 bits per heavy atom. The Labute approximate surface area is 156 Å². The SMILES string of the molecule is C=CCN1Cc2c(F)cc(F)cc2C(F)(F)c2c(C)c(C)c(F)c(F)c2S1. The Balaban J connectivity index is 2.43. The van der Waals surface area contributed by atoms with Crippen LogP contribution in [0.3, 0.4) is 0 Å². The molecular formula is C19H15F6NS.